The first-order valence-electron chi connectivity index (χ1n) is 6.82. The highest BCUT2D eigenvalue weighted by Crippen LogP contribution is 2.33. The molecule has 0 amide bonds. The van der Waals surface area contributed by atoms with Gasteiger partial charge in [-0.3, -0.25) is 10.1 Å². The number of hydrogen-bond acceptors (Lipinski definition) is 3. The van der Waals surface area contributed by atoms with Gasteiger partial charge in [-0.25, -0.2) is 0 Å². The SMILES string of the molecule is CC.CC(C)OC(c1ccccc1[N+](=O)[O-])C(C)C. The van der Waals surface area contributed by atoms with Crippen LogP contribution >= 0.6 is 0 Å². The molecule has 0 aliphatic carbocycles. The molecule has 0 saturated heterocycles. The molecule has 0 heterocycles. The summed E-state index contributed by atoms with van der Waals surface area (Å²) < 4.78 is 5.78. The van der Waals surface area contributed by atoms with E-state index in [1.165, 1.54) is 6.07 Å². The van der Waals surface area contributed by atoms with Crippen LogP contribution < -0.4 is 0 Å². The van der Waals surface area contributed by atoms with Crippen molar-refractivity contribution in [3.05, 3.63) is 39.9 Å². The minimum Gasteiger partial charge on any atom is -0.370 e. The summed E-state index contributed by atoms with van der Waals surface area (Å²) in [4.78, 5) is 10.6. The largest absolute Gasteiger partial charge is 0.370 e. The fourth-order valence-electron chi connectivity index (χ4n) is 1.78. The van der Waals surface area contributed by atoms with Gasteiger partial charge in [-0.15, -0.1) is 0 Å². The summed E-state index contributed by atoms with van der Waals surface area (Å²) in [5.74, 6) is 0.193. The fraction of sp³-hybridized carbons (Fsp3) is 0.600. The van der Waals surface area contributed by atoms with Crippen molar-refractivity contribution in [3.63, 3.8) is 0 Å². The van der Waals surface area contributed by atoms with E-state index in [0.717, 1.165) is 0 Å². The van der Waals surface area contributed by atoms with Crippen molar-refractivity contribution in [1.29, 1.82) is 0 Å². The molecule has 0 spiro atoms. The molecular formula is C15H25NO3. The number of nitro benzene ring substituents is 1. The molecule has 0 bridgehead atoms. The maximum atomic E-state index is 11.0. The molecule has 0 aliphatic rings. The quantitative estimate of drug-likeness (QED) is 0.571. The highest BCUT2D eigenvalue weighted by molar-refractivity contribution is 5.41. The molecule has 1 aromatic rings. The van der Waals surface area contributed by atoms with E-state index in [0.29, 0.717) is 5.56 Å². The molecule has 0 aromatic heterocycles. The van der Waals surface area contributed by atoms with Crippen molar-refractivity contribution in [2.24, 2.45) is 5.92 Å². The zero-order chi connectivity index (χ0) is 15.0. The fourth-order valence-corrected chi connectivity index (χ4v) is 1.78. The van der Waals surface area contributed by atoms with Crippen LogP contribution in [0, 0.1) is 16.0 Å². The van der Waals surface area contributed by atoms with Gasteiger partial charge in [0.25, 0.3) is 5.69 Å². The van der Waals surface area contributed by atoms with Crippen LogP contribution in [0.1, 0.15) is 53.2 Å². The van der Waals surface area contributed by atoms with E-state index in [1.807, 2.05) is 41.5 Å². The molecule has 4 nitrogen and oxygen atoms in total. The van der Waals surface area contributed by atoms with Gasteiger partial charge in [-0.1, -0.05) is 39.8 Å². The lowest BCUT2D eigenvalue weighted by Crippen LogP contribution is -2.17. The van der Waals surface area contributed by atoms with Crippen LogP contribution in [-0.4, -0.2) is 11.0 Å². The normalized spacial score (nSPS) is 12.0. The molecule has 108 valence electrons. The van der Waals surface area contributed by atoms with Crippen molar-refractivity contribution in [2.45, 2.75) is 53.8 Å². The van der Waals surface area contributed by atoms with Crippen molar-refractivity contribution >= 4 is 5.69 Å². The van der Waals surface area contributed by atoms with Crippen LogP contribution in [0.2, 0.25) is 0 Å². The van der Waals surface area contributed by atoms with Gasteiger partial charge in [0.15, 0.2) is 0 Å². The van der Waals surface area contributed by atoms with Gasteiger partial charge >= 0.3 is 0 Å². The third-order valence-electron chi connectivity index (χ3n) is 2.46. The Balaban J connectivity index is 0.00000154. The third-order valence-corrected chi connectivity index (χ3v) is 2.46. The standard InChI is InChI=1S/C13H19NO3.C2H6/c1-9(2)13(17-10(3)4)11-7-5-6-8-12(11)14(15)16;1-2/h5-10,13H,1-4H3;1-2H3. The molecule has 1 atom stereocenters. The van der Waals surface area contributed by atoms with E-state index in [4.69, 9.17) is 4.74 Å². The van der Waals surface area contributed by atoms with Gasteiger partial charge < -0.3 is 4.74 Å². The Labute approximate surface area is 115 Å². The maximum absolute atomic E-state index is 11.0. The van der Waals surface area contributed by atoms with Gasteiger partial charge in [0, 0.05) is 6.07 Å². The average Bonchev–Trinajstić information content (AvgIpc) is 2.37. The minimum absolute atomic E-state index is 0.0437. The van der Waals surface area contributed by atoms with Gasteiger partial charge in [-0.05, 0) is 25.8 Å². The van der Waals surface area contributed by atoms with Gasteiger partial charge in [-0.2, -0.15) is 0 Å². The van der Waals surface area contributed by atoms with E-state index in [1.54, 1.807) is 18.2 Å². The van der Waals surface area contributed by atoms with Crippen molar-refractivity contribution < 1.29 is 9.66 Å². The smallest absolute Gasteiger partial charge is 0.275 e. The summed E-state index contributed by atoms with van der Waals surface area (Å²) in [6.07, 6.45) is -0.196. The van der Waals surface area contributed by atoms with Crippen LogP contribution in [0.25, 0.3) is 0 Å². The summed E-state index contributed by atoms with van der Waals surface area (Å²) in [6, 6.07) is 6.77. The lowest BCUT2D eigenvalue weighted by atomic mass is 9.97. The number of hydrogen-bond donors (Lipinski definition) is 0. The number of rotatable bonds is 5. The first-order chi connectivity index (χ1) is 8.93. The lowest BCUT2D eigenvalue weighted by molar-refractivity contribution is -0.386. The molecule has 19 heavy (non-hydrogen) atoms. The Hall–Kier alpha value is -1.42. The Morgan fingerprint density at radius 2 is 1.63 bits per heavy atom. The van der Waals surface area contributed by atoms with Crippen molar-refractivity contribution in [2.75, 3.05) is 0 Å². The number of benzene rings is 1. The Morgan fingerprint density at radius 3 is 2.05 bits per heavy atom. The van der Waals surface area contributed by atoms with E-state index < -0.39 is 0 Å². The summed E-state index contributed by atoms with van der Waals surface area (Å²) in [7, 11) is 0. The molecule has 0 N–H and O–H groups in total. The summed E-state index contributed by atoms with van der Waals surface area (Å²) >= 11 is 0. The monoisotopic (exact) mass is 267 g/mol. The molecule has 1 unspecified atom stereocenters. The second kappa shape index (κ2) is 8.64. The van der Waals surface area contributed by atoms with Crippen molar-refractivity contribution in [1.82, 2.24) is 0 Å². The second-order valence-corrected chi connectivity index (χ2v) is 4.67. The first-order valence-corrected chi connectivity index (χ1v) is 6.82. The summed E-state index contributed by atoms with van der Waals surface area (Å²) in [6.45, 7) is 11.9. The predicted molar refractivity (Wildman–Crippen MR) is 78.2 cm³/mol. The van der Waals surface area contributed by atoms with Crippen LogP contribution in [0.4, 0.5) is 5.69 Å². The van der Waals surface area contributed by atoms with E-state index in [-0.39, 0.29) is 28.7 Å². The Kier molecular flexibility index (Phi) is 8.00. The number of nitro groups is 1. The minimum atomic E-state index is -0.353. The lowest BCUT2D eigenvalue weighted by Gasteiger charge is -2.24. The summed E-state index contributed by atoms with van der Waals surface area (Å²) in [5, 5.41) is 11.0. The van der Waals surface area contributed by atoms with Gasteiger partial charge in [0.2, 0.25) is 0 Å². The molecule has 0 fully saturated rings. The van der Waals surface area contributed by atoms with Crippen molar-refractivity contribution in [3.8, 4) is 0 Å². The van der Waals surface area contributed by atoms with E-state index in [9.17, 15) is 10.1 Å². The highest BCUT2D eigenvalue weighted by atomic mass is 16.6. The van der Waals surface area contributed by atoms with Crippen LogP contribution in [0.3, 0.4) is 0 Å². The van der Waals surface area contributed by atoms with E-state index >= 15 is 0 Å². The zero-order valence-electron chi connectivity index (χ0n) is 12.7. The van der Waals surface area contributed by atoms with Gasteiger partial charge in [0.1, 0.15) is 0 Å². The van der Waals surface area contributed by atoms with Crippen LogP contribution in [-0.2, 0) is 4.74 Å². The number of nitrogens with zero attached hydrogens (tertiary/aromatic N) is 1. The Bertz CT molecular complexity index is 389. The highest BCUT2D eigenvalue weighted by Gasteiger charge is 2.25. The molecule has 0 radical (unpaired) electrons. The van der Waals surface area contributed by atoms with Crippen LogP contribution in [0.5, 0.6) is 0 Å². The molecule has 4 heteroatoms. The molecule has 1 aromatic carbocycles. The summed E-state index contributed by atoms with van der Waals surface area (Å²) in [5.41, 5.74) is 0.785. The molecule has 1 rings (SSSR count). The van der Waals surface area contributed by atoms with Crippen LogP contribution in [0.15, 0.2) is 24.3 Å². The first kappa shape index (κ1) is 17.6. The maximum Gasteiger partial charge on any atom is 0.275 e. The molecule has 0 saturated carbocycles. The zero-order valence-corrected chi connectivity index (χ0v) is 12.7. The topological polar surface area (TPSA) is 52.4 Å². The Morgan fingerprint density at radius 1 is 1.11 bits per heavy atom. The molecular weight excluding hydrogens is 242 g/mol. The third kappa shape index (κ3) is 5.39. The predicted octanol–water partition coefficient (Wildman–Crippen LogP) is 4.74. The average molecular weight is 267 g/mol. The number of ether oxygens (including phenoxy) is 1. The number of para-hydroxylation sites is 1. The molecule has 0 aliphatic heterocycles. The van der Waals surface area contributed by atoms with Gasteiger partial charge in [0.05, 0.1) is 22.7 Å². The second-order valence-electron chi connectivity index (χ2n) is 4.67. The van der Waals surface area contributed by atoms with E-state index in [2.05, 4.69) is 0 Å².